The highest BCUT2D eigenvalue weighted by Crippen LogP contribution is 2.19. The van der Waals surface area contributed by atoms with Crippen molar-refractivity contribution < 1.29 is 0 Å². The Morgan fingerprint density at radius 3 is 2.83 bits per heavy atom. The Morgan fingerprint density at radius 1 is 1.67 bits per heavy atom. The van der Waals surface area contributed by atoms with Gasteiger partial charge in [0.1, 0.15) is 4.64 Å². The SMILES string of the molecule is CCSc1nc(=S)c(Br)c(C)[nH]1. The van der Waals surface area contributed by atoms with Gasteiger partial charge in [-0.3, -0.25) is 0 Å². The van der Waals surface area contributed by atoms with Crippen molar-refractivity contribution in [1.82, 2.24) is 9.97 Å². The van der Waals surface area contributed by atoms with Crippen LogP contribution in [0.5, 0.6) is 0 Å². The number of nitrogens with one attached hydrogen (secondary N) is 1. The monoisotopic (exact) mass is 264 g/mol. The molecule has 0 spiro atoms. The van der Waals surface area contributed by atoms with Crippen molar-refractivity contribution in [2.75, 3.05) is 5.75 Å². The second-order valence-electron chi connectivity index (χ2n) is 2.22. The zero-order valence-electron chi connectivity index (χ0n) is 6.85. The summed E-state index contributed by atoms with van der Waals surface area (Å²) in [5.74, 6) is 0.999. The number of thioether (sulfide) groups is 1. The molecule has 5 heteroatoms. The average Bonchev–Trinajstić information content (AvgIpc) is 2.01. The van der Waals surface area contributed by atoms with Crippen LogP contribution in [0.3, 0.4) is 0 Å². The van der Waals surface area contributed by atoms with Gasteiger partial charge in [0.05, 0.1) is 4.47 Å². The highest BCUT2D eigenvalue weighted by atomic mass is 79.9. The van der Waals surface area contributed by atoms with Crippen LogP contribution in [-0.4, -0.2) is 15.7 Å². The number of hydrogen-bond donors (Lipinski definition) is 1. The van der Waals surface area contributed by atoms with Crippen LogP contribution < -0.4 is 0 Å². The quantitative estimate of drug-likeness (QED) is 0.505. The fourth-order valence-corrected chi connectivity index (χ4v) is 1.89. The summed E-state index contributed by atoms with van der Waals surface area (Å²) in [7, 11) is 0. The van der Waals surface area contributed by atoms with Crippen LogP contribution in [0.25, 0.3) is 0 Å². The number of halogens is 1. The first-order valence-corrected chi connectivity index (χ1v) is 5.73. The first-order chi connectivity index (χ1) is 5.65. The molecule has 1 aromatic heterocycles. The van der Waals surface area contributed by atoms with E-state index in [0.717, 1.165) is 21.1 Å². The Hall–Kier alpha value is 0.130. The van der Waals surface area contributed by atoms with Crippen LogP contribution in [0.4, 0.5) is 0 Å². The second kappa shape index (κ2) is 4.39. The number of nitrogens with zero attached hydrogens (tertiary/aromatic N) is 1. The third-order valence-electron chi connectivity index (χ3n) is 1.30. The van der Waals surface area contributed by atoms with Gasteiger partial charge in [0.2, 0.25) is 0 Å². The van der Waals surface area contributed by atoms with Gasteiger partial charge >= 0.3 is 0 Å². The van der Waals surface area contributed by atoms with E-state index in [0.29, 0.717) is 4.64 Å². The molecular formula is C7H9BrN2S2. The molecule has 12 heavy (non-hydrogen) atoms. The van der Waals surface area contributed by atoms with E-state index >= 15 is 0 Å². The Labute approximate surface area is 89.3 Å². The van der Waals surface area contributed by atoms with E-state index in [-0.39, 0.29) is 0 Å². The van der Waals surface area contributed by atoms with Crippen LogP contribution in [0.2, 0.25) is 0 Å². The zero-order chi connectivity index (χ0) is 9.14. The van der Waals surface area contributed by atoms with Gasteiger partial charge in [-0.1, -0.05) is 30.9 Å². The number of hydrogen-bond acceptors (Lipinski definition) is 3. The molecule has 1 aromatic rings. The van der Waals surface area contributed by atoms with Crippen LogP contribution in [0.1, 0.15) is 12.6 Å². The highest BCUT2D eigenvalue weighted by molar-refractivity contribution is 9.10. The Balaban J connectivity index is 3.13. The van der Waals surface area contributed by atoms with Crippen LogP contribution in [0, 0.1) is 11.6 Å². The van der Waals surface area contributed by atoms with E-state index in [4.69, 9.17) is 12.2 Å². The molecule has 1 heterocycles. The second-order valence-corrected chi connectivity index (χ2v) is 4.65. The Bertz CT molecular complexity index is 335. The molecule has 66 valence electrons. The number of aryl methyl sites for hydroxylation is 1. The minimum Gasteiger partial charge on any atom is -0.337 e. The minimum atomic E-state index is 0.627. The molecule has 0 aromatic carbocycles. The predicted octanol–water partition coefficient (Wildman–Crippen LogP) is 3.32. The van der Waals surface area contributed by atoms with Gasteiger partial charge in [-0.15, -0.1) is 0 Å². The van der Waals surface area contributed by atoms with Crippen LogP contribution in [-0.2, 0) is 0 Å². The summed E-state index contributed by atoms with van der Waals surface area (Å²) in [4.78, 5) is 7.35. The summed E-state index contributed by atoms with van der Waals surface area (Å²) < 4.78 is 1.51. The third kappa shape index (κ3) is 2.31. The largest absolute Gasteiger partial charge is 0.337 e. The van der Waals surface area contributed by atoms with E-state index in [2.05, 4.69) is 32.8 Å². The molecule has 0 aliphatic carbocycles. The van der Waals surface area contributed by atoms with Gasteiger partial charge < -0.3 is 4.98 Å². The van der Waals surface area contributed by atoms with Gasteiger partial charge in [0, 0.05) is 5.69 Å². The molecule has 0 unspecified atom stereocenters. The smallest absolute Gasteiger partial charge is 0.166 e. The maximum atomic E-state index is 5.05. The van der Waals surface area contributed by atoms with E-state index in [1.54, 1.807) is 11.8 Å². The summed E-state index contributed by atoms with van der Waals surface area (Å²) in [5.41, 5.74) is 1.03. The summed E-state index contributed by atoms with van der Waals surface area (Å²) in [6, 6.07) is 0. The van der Waals surface area contributed by atoms with Gasteiger partial charge in [-0.2, -0.15) is 0 Å². The van der Waals surface area contributed by atoms with E-state index < -0.39 is 0 Å². The van der Waals surface area contributed by atoms with Crippen molar-refractivity contribution >= 4 is 39.9 Å². The van der Waals surface area contributed by atoms with Crippen molar-refractivity contribution in [2.45, 2.75) is 19.0 Å². The molecule has 0 aliphatic heterocycles. The maximum Gasteiger partial charge on any atom is 0.166 e. The van der Waals surface area contributed by atoms with Crippen LogP contribution >= 0.6 is 39.9 Å². The standard InChI is InChI=1S/C7H9BrN2S2/c1-3-12-7-9-4(2)5(8)6(11)10-7/h3H2,1-2H3,(H,9,10,11). The molecule has 0 atom stereocenters. The summed E-state index contributed by atoms with van der Waals surface area (Å²) >= 11 is 10.1. The minimum absolute atomic E-state index is 0.627. The molecule has 0 aliphatic rings. The first-order valence-electron chi connectivity index (χ1n) is 3.54. The van der Waals surface area contributed by atoms with Crippen molar-refractivity contribution in [2.24, 2.45) is 0 Å². The lowest BCUT2D eigenvalue weighted by atomic mass is 10.5. The summed E-state index contributed by atoms with van der Waals surface area (Å²) in [5, 5.41) is 0.892. The molecule has 1 N–H and O–H groups in total. The molecule has 2 nitrogen and oxygen atoms in total. The third-order valence-corrected chi connectivity index (χ3v) is 3.58. The number of rotatable bonds is 2. The highest BCUT2D eigenvalue weighted by Gasteiger charge is 2.01. The van der Waals surface area contributed by atoms with Crippen molar-refractivity contribution in [3.63, 3.8) is 0 Å². The summed E-state index contributed by atoms with van der Waals surface area (Å²) in [6.45, 7) is 4.06. The van der Waals surface area contributed by atoms with Crippen molar-refractivity contribution in [3.8, 4) is 0 Å². The normalized spacial score (nSPS) is 10.2. The lowest BCUT2D eigenvalue weighted by molar-refractivity contribution is 0.912. The zero-order valence-corrected chi connectivity index (χ0v) is 10.1. The molecule has 0 saturated carbocycles. The molecule has 0 amide bonds. The van der Waals surface area contributed by atoms with E-state index in [1.807, 2.05) is 6.92 Å². The van der Waals surface area contributed by atoms with Gasteiger partial charge in [-0.05, 0) is 28.6 Å². The lowest BCUT2D eigenvalue weighted by Crippen LogP contribution is -1.92. The van der Waals surface area contributed by atoms with Gasteiger partial charge in [0.15, 0.2) is 5.16 Å². The number of aromatic nitrogens is 2. The molecule has 0 saturated heterocycles. The Morgan fingerprint density at radius 2 is 2.33 bits per heavy atom. The summed E-state index contributed by atoms with van der Waals surface area (Å²) in [6.07, 6.45) is 0. The van der Waals surface area contributed by atoms with Gasteiger partial charge in [-0.25, -0.2) is 4.98 Å². The molecule has 0 bridgehead atoms. The van der Waals surface area contributed by atoms with E-state index in [1.165, 1.54) is 0 Å². The molecule has 1 rings (SSSR count). The average molecular weight is 265 g/mol. The van der Waals surface area contributed by atoms with E-state index in [9.17, 15) is 0 Å². The Kier molecular flexibility index (Phi) is 3.74. The molecule has 0 fully saturated rings. The topological polar surface area (TPSA) is 28.7 Å². The van der Waals surface area contributed by atoms with Gasteiger partial charge in [0.25, 0.3) is 0 Å². The fraction of sp³-hybridized carbons (Fsp3) is 0.429. The first kappa shape index (κ1) is 10.2. The fourth-order valence-electron chi connectivity index (χ4n) is 0.750. The van der Waals surface area contributed by atoms with Crippen LogP contribution in [0.15, 0.2) is 9.63 Å². The van der Waals surface area contributed by atoms with Crippen molar-refractivity contribution in [3.05, 3.63) is 14.8 Å². The number of H-pyrrole nitrogens is 1. The molecular weight excluding hydrogens is 256 g/mol. The lowest BCUT2D eigenvalue weighted by Gasteiger charge is -2.02. The molecule has 0 radical (unpaired) electrons. The maximum absolute atomic E-state index is 5.05. The number of aromatic amines is 1. The van der Waals surface area contributed by atoms with Crippen molar-refractivity contribution in [1.29, 1.82) is 0 Å². The predicted molar refractivity (Wildman–Crippen MR) is 58.3 cm³/mol.